The van der Waals surface area contributed by atoms with Crippen molar-refractivity contribution in [3.63, 3.8) is 0 Å². The number of carbonyl (C=O) groups is 1. The highest BCUT2D eigenvalue weighted by Crippen LogP contribution is 1.98. The van der Waals surface area contributed by atoms with Crippen molar-refractivity contribution in [1.82, 2.24) is 0 Å². The van der Waals surface area contributed by atoms with Crippen molar-refractivity contribution < 1.29 is 14.6 Å². The lowest BCUT2D eigenvalue weighted by molar-refractivity contribution is -0.112. The Bertz CT molecular complexity index is 246. The van der Waals surface area contributed by atoms with Crippen LogP contribution in [0.3, 0.4) is 0 Å². The summed E-state index contributed by atoms with van der Waals surface area (Å²) in [5.74, 6) is 0.363. The van der Waals surface area contributed by atoms with Gasteiger partial charge in [0.15, 0.2) is 5.78 Å². The lowest BCUT2D eigenvalue weighted by Gasteiger charge is -2.08. The lowest BCUT2D eigenvalue weighted by atomic mass is 10.2. The Hall–Kier alpha value is -1.16. The summed E-state index contributed by atoms with van der Waals surface area (Å²) in [4.78, 5) is 14.5. The zero-order valence-electron chi connectivity index (χ0n) is 9.56. The van der Waals surface area contributed by atoms with Gasteiger partial charge in [0.1, 0.15) is 0 Å². The summed E-state index contributed by atoms with van der Waals surface area (Å²) in [6, 6.07) is 0. The fraction of sp³-hybridized carbons (Fsp3) is 0.636. The minimum absolute atomic E-state index is 0.0478. The van der Waals surface area contributed by atoms with E-state index in [9.17, 15) is 9.90 Å². The van der Waals surface area contributed by atoms with E-state index in [1.54, 1.807) is 7.05 Å². The van der Waals surface area contributed by atoms with E-state index in [2.05, 4.69) is 4.99 Å². The topological polar surface area (TPSA) is 58.9 Å². The molecule has 0 fully saturated rings. The Morgan fingerprint density at radius 2 is 2.20 bits per heavy atom. The molecule has 0 aromatic carbocycles. The first-order valence-electron chi connectivity index (χ1n) is 5.06. The lowest BCUT2D eigenvalue weighted by Crippen LogP contribution is -2.11. The number of nitrogens with zero attached hydrogens (tertiary/aromatic N) is 1. The number of aliphatic hydroxyl groups excluding tert-OH is 1. The predicted octanol–water partition coefficient (Wildman–Crippen LogP) is 1.34. The number of ether oxygens (including phenoxy) is 1. The molecule has 0 saturated carbocycles. The molecule has 0 spiro atoms. The third-order valence-corrected chi connectivity index (χ3v) is 1.85. The van der Waals surface area contributed by atoms with Crippen molar-refractivity contribution in [3.8, 4) is 0 Å². The maximum Gasteiger partial charge on any atom is 0.208 e. The van der Waals surface area contributed by atoms with Crippen molar-refractivity contribution in [2.75, 3.05) is 13.7 Å². The van der Waals surface area contributed by atoms with Crippen molar-refractivity contribution in [3.05, 3.63) is 12.2 Å². The van der Waals surface area contributed by atoms with Gasteiger partial charge in [-0.25, -0.2) is 0 Å². The van der Waals surface area contributed by atoms with E-state index in [0.717, 1.165) is 0 Å². The molecule has 86 valence electrons. The highest BCUT2D eigenvalue weighted by molar-refractivity contribution is 5.96. The zero-order valence-corrected chi connectivity index (χ0v) is 9.56. The van der Waals surface area contributed by atoms with Crippen LogP contribution in [0.1, 0.15) is 26.7 Å². The minimum atomic E-state index is -0.333. The van der Waals surface area contributed by atoms with Crippen LogP contribution in [-0.2, 0) is 9.53 Å². The summed E-state index contributed by atoms with van der Waals surface area (Å²) < 4.78 is 5.27. The number of carbonyl (C=O) groups excluding carboxylic acids is 1. The van der Waals surface area contributed by atoms with Gasteiger partial charge in [-0.3, -0.25) is 9.79 Å². The maximum atomic E-state index is 10.7. The monoisotopic (exact) mass is 213 g/mol. The zero-order chi connectivity index (χ0) is 11.7. The Morgan fingerprint density at radius 1 is 1.53 bits per heavy atom. The highest BCUT2D eigenvalue weighted by atomic mass is 16.5. The molecule has 15 heavy (non-hydrogen) atoms. The van der Waals surface area contributed by atoms with Gasteiger partial charge in [0.2, 0.25) is 5.90 Å². The van der Waals surface area contributed by atoms with E-state index < -0.39 is 0 Å². The molecule has 0 rings (SSSR count). The van der Waals surface area contributed by atoms with E-state index in [1.807, 2.05) is 6.92 Å². The SMILES string of the molecule is CCC(O)CCOC(/C=C\C(C)=O)=NC. The molecular weight excluding hydrogens is 194 g/mol. The van der Waals surface area contributed by atoms with Gasteiger partial charge in [0.05, 0.1) is 12.7 Å². The van der Waals surface area contributed by atoms with Gasteiger partial charge in [0, 0.05) is 19.5 Å². The molecule has 0 aromatic heterocycles. The van der Waals surface area contributed by atoms with Crippen molar-refractivity contribution >= 4 is 11.7 Å². The predicted molar refractivity (Wildman–Crippen MR) is 60.0 cm³/mol. The largest absolute Gasteiger partial charge is 0.478 e. The summed E-state index contributed by atoms with van der Waals surface area (Å²) in [5, 5.41) is 9.27. The van der Waals surface area contributed by atoms with Crippen LogP contribution < -0.4 is 0 Å². The number of rotatable bonds is 6. The first-order chi connectivity index (χ1) is 7.10. The number of hydrogen-bond acceptors (Lipinski definition) is 4. The molecule has 0 radical (unpaired) electrons. The smallest absolute Gasteiger partial charge is 0.208 e. The number of ketones is 1. The van der Waals surface area contributed by atoms with E-state index in [0.29, 0.717) is 25.3 Å². The molecule has 0 aliphatic rings. The third-order valence-electron chi connectivity index (χ3n) is 1.85. The number of hydrogen-bond donors (Lipinski definition) is 1. The van der Waals surface area contributed by atoms with E-state index in [1.165, 1.54) is 19.1 Å². The molecular formula is C11H19NO3. The van der Waals surface area contributed by atoms with Crippen LogP contribution >= 0.6 is 0 Å². The van der Waals surface area contributed by atoms with Crippen LogP contribution in [-0.4, -0.2) is 36.5 Å². The van der Waals surface area contributed by atoms with Crippen molar-refractivity contribution in [2.45, 2.75) is 32.8 Å². The first-order valence-corrected chi connectivity index (χ1v) is 5.06. The first kappa shape index (κ1) is 13.8. The molecule has 4 nitrogen and oxygen atoms in total. The standard InChI is InChI=1S/C11H19NO3/c1-4-10(14)7-8-15-11(12-3)6-5-9(2)13/h5-6,10,14H,4,7-8H2,1-3H3/b6-5-,12-11?. The van der Waals surface area contributed by atoms with Crippen LogP contribution in [0, 0.1) is 0 Å². The van der Waals surface area contributed by atoms with E-state index in [-0.39, 0.29) is 11.9 Å². The average Bonchev–Trinajstić information content (AvgIpc) is 2.22. The van der Waals surface area contributed by atoms with Crippen LogP contribution in [0.5, 0.6) is 0 Å². The Kier molecular flexibility index (Phi) is 7.54. The Labute approximate surface area is 90.7 Å². The molecule has 0 saturated heterocycles. The summed E-state index contributed by atoms with van der Waals surface area (Å²) >= 11 is 0. The van der Waals surface area contributed by atoms with Gasteiger partial charge < -0.3 is 9.84 Å². The molecule has 4 heteroatoms. The summed E-state index contributed by atoms with van der Waals surface area (Å²) in [7, 11) is 1.59. The minimum Gasteiger partial charge on any atom is -0.478 e. The molecule has 1 unspecified atom stereocenters. The van der Waals surface area contributed by atoms with Gasteiger partial charge >= 0.3 is 0 Å². The van der Waals surface area contributed by atoms with Gasteiger partial charge in [-0.15, -0.1) is 0 Å². The molecule has 0 bridgehead atoms. The van der Waals surface area contributed by atoms with E-state index in [4.69, 9.17) is 4.74 Å². The Morgan fingerprint density at radius 3 is 2.67 bits per heavy atom. The number of aliphatic imine (C=N–C) groups is 1. The molecule has 1 atom stereocenters. The van der Waals surface area contributed by atoms with Crippen molar-refractivity contribution in [1.29, 1.82) is 0 Å². The Balaban J connectivity index is 3.87. The summed E-state index contributed by atoms with van der Waals surface area (Å²) in [5.41, 5.74) is 0. The van der Waals surface area contributed by atoms with Crippen LogP contribution in [0.25, 0.3) is 0 Å². The third kappa shape index (κ3) is 7.88. The highest BCUT2D eigenvalue weighted by Gasteiger charge is 2.01. The maximum absolute atomic E-state index is 10.7. The van der Waals surface area contributed by atoms with Crippen LogP contribution in [0.2, 0.25) is 0 Å². The average molecular weight is 213 g/mol. The molecule has 1 N–H and O–H groups in total. The number of allylic oxidation sites excluding steroid dienone is 1. The molecule has 0 aromatic rings. The quantitative estimate of drug-likeness (QED) is 0.411. The van der Waals surface area contributed by atoms with Crippen molar-refractivity contribution in [2.24, 2.45) is 4.99 Å². The van der Waals surface area contributed by atoms with Crippen LogP contribution in [0.15, 0.2) is 17.1 Å². The normalized spacial score (nSPS) is 14.3. The van der Waals surface area contributed by atoms with Crippen LogP contribution in [0.4, 0.5) is 0 Å². The van der Waals surface area contributed by atoms with Gasteiger partial charge in [0.25, 0.3) is 0 Å². The summed E-state index contributed by atoms with van der Waals surface area (Å²) in [6.45, 7) is 3.78. The van der Waals surface area contributed by atoms with Gasteiger partial charge in [-0.2, -0.15) is 0 Å². The second kappa shape index (κ2) is 8.17. The van der Waals surface area contributed by atoms with E-state index >= 15 is 0 Å². The fourth-order valence-electron chi connectivity index (χ4n) is 0.879. The second-order valence-electron chi connectivity index (χ2n) is 3.21. The molecule has 0 aliphatic heterocycles. The fourth-order valence-corrected chi connectivity index (χ4v) is 0.879. The molecule has 0 amide bonds. The summed E-state index contributed by atoms with van der Waals surface area (Å²) in [6.07, 6.45) is 3.88. The second-order valence-corrected chi connectivity index (χ2v) is 3.21. The number of aliphatic hydroxyl groups is 1. The molecule has 0 heterocycles. The van der Waals surface area contributed by atoms with Gasteiger partial charge in [-0.05, 0) is 19.4 Å². The van der Waals surface area contributed by atoms with Gasteiger partial charge in [-0.1, -0.05) is 6.92 Å². The molecule has 0 aliphatic carbocycles.